The molecule has 1 aliphatic heterocycles. The van der Waals surface area contributed by atoms with Crippen LogP contribution < -0.4 is 4.90 Å². The third kappa shape index (κ3) is 3.00. The van der Waals surface area contributed by atoms with Crippen LogP contribution in [-0.2, 0) is 20.9 Å². The molecule has 1 saturated carbocycles. The Bertz CT molecular complexity index is 843. The largest absolute Gasteiger partial charge is 0.467 e. The Kier molecular flexibility index (Phi) is 4.06. The Morgan fingerprint density at radius 3 is 2.54 bits per heavy atom. The second kappa shape index (κ2) is 6.40. The lowest BCUT2D eigenvalue weighted by atomic mass is 10.1. The maximum Gasteiger partial charge on any atom is 0.257 e. The van der Waals surface area contributed by atoms with Gasteiger partial charge >= 0.3 is 0 Å². The molecular weight excluding hydrogens is 339 g/mol. The summed E-state index contributed by atoms with van der Waals surface area (Å²) in [6.07, 6.45) is 3.00. The third-order valence-electron chi connectivity index (χ3n) is 4.70. The summed E-state index contributed by atoms with van der Waals surface area (Å²) in [7, 11) is 0. The maximum absolute atomic E-state index is 13.1. The van der Waals surface area contributed by atoms with Gasteiger partial charge in [-0.25, -0.2) is 9.29 Å². The summed E-state index contributed by atoms with van der Waals surface area (Å²) in [4.78, 5) is 40.5. The highest BCUT2D eigenvalue weighted by atomic mass is 19.1. The van der Waals surface area contributed by atoms with Crippen LogP contribution in [0.1, 0.15) is 25.0 Å². The van der Waals surface area contributed by atoms with Gasteiger partial charge in [-0.05, 0) is 49.2 Å². The average molecular weight is 356 g/mol. The molecule has 2 aliphatic rings. The monoisotopic (exact) mass is 356 g/mol. The van der Waals surface area contributed by atoms with E-state index in [0.717, 1.165) is 17.7 Å². The quantitative estimate of drug-likeness (QED) is 0.772. The van der Waals surface area contributed by atoms with Crippen molar-refractivity contribution in [3.63, 3.8) is 0 Å². The molecule has 1 aromatic heterocycles. The zero-order valence-electron chi connectivity index (χ0n) is 13.9. The minimum Gasteiger partial charge on any atom is -0.467 e. The number of anilines is 1. The molecule has 2 heterocycles. The van der Waals surface area contributed by atoms with Crippen LogP contribution in [0, 0.1) is 11.7 Å². The number of furan rings is 1. The Hall–Kier alpha value is -2.96. The van der Waals surface area contributed by atoms with Crippen LogP contribution in [0.2, 0.25) is 0 Å². The smallest absolute Gasteiger partial charge is 0.257 e. The van der Waals surface area contributed by atoms with Crippen molar-refractivity contribution in [1.82, 2.24) is 4.90 Å². The molecule has 0 N–H and O–H groups in total. The summed E-state index contributed by atoms with van der Waals surface area (Å²) in [6.45, 7) is 0.142. The Balaban J connectivity index is 1.61. The molecular formula is C19H17FN2O4. The van der Waals surface area contributed by atoms with E-state index in [1.165, 1.54) is 35.4 Å². The molecule has 134 valence electrons. The maximum atomic E-state index is 13.1. The molecule has 1 saturated heterocycles. The second-order valence-corrected chi connectivity index (χ2v) is 6.58. The molecule has 0 radical (unpaired) electrons. The van der Waals surface area contributed by atoms with Gasteiger partial charge in [0, 0.05) is 5.92 Å². The van der Waals surface area contributed by atoms with Crippen molar-refractivity contribution in [2.24, 2.45) is 5.92 Å². The normalized spacial score (nSPS) is 19.9. The van der Waals surface area contributed by atoms with E-state index in [0.29, 0.717) is 11.4 Å². The number of hydrogen-bond acceptors (Lipinski definition) is 4. The van der Waals surface area contributed by atoms with E-state index >= 15 is 0 Å². The van der Waals surface area contributed by atoms with E-state index in [4.69, 9.17) is 4.42 Å². The fraction of sp³-hybridized carbons (Fsp3) is 0.316. The lowest BCUT2D eigenvalue weighted by Crippen LogP contribution is -2.45. The highest BCUT2D eigenvalue weighted by Gasteiger charge is 2.47. The first kappa shape index (κ1) is 16.5. The first-order valence-corrected chi connectivity index (χ1v) is 8.50. The van der Waals surface area contributed by atoms with Gasteiger partial charge in [0.05, 0.1) is 24.9 Å². The van der Waals surface area contributed by atoms with Gasteiger partial charge in [-0.15, -0.1) is 0 Å². The number of halogens is 1. The van der Waals surface area contributed by atoms with Crippen LogP contribution >= 0.6 is 0 Å². The standard InChI is InChI=1S/C19H17FN2O4/c20-13-5-7-14(8-6-13)22-17(23)10-16(19(22)25)21(18(24)12-3-4-12)11-15-2-1-9-26-15/h1-2,5-9,12,16H,3-4,10-11H2. The lowest BCUT2D eigenvalue weighted by Gasteiger charge is -2.27. The van der Waals surface area contributed by atoms with Crippen molar-refractivity contribution < 1.29 is 23.2 Å². The summed E-state index contributed by atoms with van der Waals surface area (Å²) >= 11 is 0. The number of rotatable bonds is 5. The lowest BCUT2D eigenvalue weighted by molar-refractivity contribution is -0.140. The van der Waals surface area contributed by atoms with Gasteiger partial charge in [0.25, 0.3) is 5.91 Å². The van der Waals surface area contributed by atoms with E-state index in [2.05, 4.69) is 0 Å². The highest BCUT2D eigenvalue weighted by Crippen LogP contribution is 2.34. The van der Waals surface area contributed by atoms with Crippen LogP contribution in [0.5, 0.6) is 0 Å². The predicted octanol–water partition coefficient (Wildman–Crippen LogP) is 2.49. The molecule has 2 aromatic rings. The van der Waals surface area contributed by atoms with Crippen LogP contribution in [-0.4, -0.2) is 28.7 Å². The van der Waals surface area contributed by atoms with Gasteiger partial charge in [-0.3, -0.25) is 14.4 Å². The van der Waals surface area contributed by atoms with Crippen molar-refractivity contribution in [2.75, 3.05) is 4.90 Å². The Labute approximate surface area is 149 Å². The van der Waals surface area contributed by atoms with Crippen LogP contribution in [0.4, 0.5) is 10.1 Å². The van der Waals surface area contributed by atoms with Gasteiger partial charge in [0.2, 0.25) is 11.8 Å². The molecule has 0 spiro atoms. The van der Waals surface area contributed by atoms with Crippen molar-refractivity contribution in [1.29, 1.82) is 0 Å². The van der Waals surface area contributed by atoms with Crippen molar-refractivity contribution >= 4 is 23.4 Å². The van der Waals surface area contributed by atoms with E-state index in [1.807, 2.05) is 0 Å². The molecule has 1 unspecified atom stereocenters. The second-order valence-electron chi connectivity index (χ2n) is 6.58. The molecule has 3 amide bonds. The molecule has 1 aromatic carbocycles. The van der Waals surface area contributed by atoms with E-state index in [1.54, 1.807) is 12.1 Å². The SMILES string of the molecule is O=C1CC(N(Cc2ccco2)C(=O)C2CC2)C(=O)N1c1ccc(F)cc1. The highest BCUT2D eigenvalue weighted by molar-refractivity contribution is 6.23. The number of benzene rings is 1. The van der Waals surface area contributed by atoms with E-state index < -0.39 is 23.7 Å². The first-order chi connectivity index (χ1) is 12.5. The van der Waals surface area contributed by atoms with Gasteiger partial charge < -0.3 is 9.32 Å². The fourth-order valence-electron chi connectivity index (χ4n) is 3.20. The predicted molar refractivity (Wildman–Crippen MR) is 89.3 cm³/mol. The molecule has 26 heavy (non-hydrogen) atoms. The zero-order chi connectivity index (χ0) is 18.3. The first-order valence-electron chi connectivity index (χ1n) is 8.50. The van der Waals surface area contributed by atoms with Gasteiger partial charge in [-0.1, -0.05) is 0 Å². The third-order valence-corrected chi connectivity index (χ3v) is 4.70. The fourth-order valence-corrected chi connectivity index (χ4v) is 3.20. The van der Waals surface area contributed by atoms with Crippen molar-refractivity contribution in [2.45, 2.75) is 31.8 Å². The average Bonchev–Trinajstić information content (AvgIpc) is 3.27. The van der Waals surface area contributed by atoms with Crippen LogP contribution in [0.15, 0.2) is 47.1 Å². The van der Waals surface area contributed by atoms with Crippen molar-refractivity contribution in [3.8, 4) is 0 Å². The van der Waals surface area contributed by atoms with Gasteiger partial charge in [-0.2, -0.15) is 0 Å². The number of hydrogen-bond donors (Lipinski definition) is 0. The summed E-state index contributed by atoms with van der Waals surface area (Å²) in [6, 6.07) is 7.72. The number of imide groups is 1. The molecule has 2 fully saturated rings. The number of carbonyl (C=O) groups is 3. The minimum absolute atomic E-state index is 0.0879. The molecule has 4 rings (SSSR count). The van der Waals surface area contributed by atoms with Crippen LogP contribution in [0.25, 0.3) is 0 Å². The summed E-state index contributed by atoms with van der Waals surface area (Å²) in [5.74, 6) is -0.990. The molecule has 1 aliphatic carbocycles. The zero-order valence-corrected chi connectivity index (χ0v) is 13.9. The van der Waals surface area contributed by atoms with Gasteiger partial charge in [0.1, 0.15) is 17.6 Å². The molecule has 0 bridgehead atoms. The topological polar surface area (TPSA) is 70.8 Å². The van der Waals surface area contributed by atoms with E-state index in [-0.39, 0.29) is 24.8 Å². The molecule has 6 nitrogen and oxygen atoms in total. The summed E-state index contributed by atoms with van der Waals surface area (Å²) < 4.78 is 18.4. The number of nitrogens with zero attached hydrogens (tertiary/aromatic N) is 2. The van der Waals surface area contributed by atoms with Crippen molar-refractivity contribution in [3.05, 3.63) is 54.2 Å². The van der Waals surface area contributed by atoms with Crippen LogP contribution in [0.3, 0.4) is 0 Å². The molecule has 1 atom stereocenters. The Morgan fingerprint density at radius 2 is 1.92 bits per heavy atom. The summed E-state index contributed by atoms with van der Waals surface area (Å²) in [5.41, 5.74) is 0.306. The Morgan fingerprint density at radius 1 is 1.19 bits per heavy atom. The number of carbonyl (C=O) groups excluding carboxylic acids is 3. The number of amides is 3. The molecule has 7 heteroatoms. The van der Waals surface area contributed by atoms with E-state index in [9.17, 15) is 18.8 Å². The van der Waals surface area contributed by atoms with Gasteiger partial charge in [0.15, 0.2) is 0 Å². The summed E-state index contributed by atoms with van der Waals surface area (Å²) in [5, 5.41) is 0. The minimum atomic E-state index is -0.870.